The number of carbonyl (C=O) groups is 2. The summed E-state index contributed by atoms with van der Waals surface area (Å²) >= 11 is 0. The highest BCUT2D eigenvalue weighted by Crippen LogP contribution is 2.42. The van der Waals surface area contributed by atoms with Gasteiger partial charge in [-0.05, 0) is 26.8 Å². The predicted molar refractivity (Wildman–Crippen MR) is 127 cm³/mol. The highest BCUT2D eigenvalue weighted by molar-refractivity contribution is 7.81. The Labute approximate surface area is 224 Å². The number of ether oxygens (including phenoxy) is 3. The van der Waals surface area contributed by atoms with E-state index in [0.29, 0.717) is 6.08 Å². The van der Waals surface area contributed by atoms with E-state index in [9.17, 15) is 41.7 Å². The number of hydrogen-bond acceptors (Lipinski definition) is 13. The molecular weight excluding hydrogens is 574 g/mol. The Balaban J connectivity index is 2.39. The second-order valence-electron chi connectivity index (χ2n) is 10.2. The Morgan fingerprint density at radius 1 is 1.05 bits per heavy atom. The van der Waals surface area contributed by atoms with Crippen molar-refractivity contribution >= 4 is 32.7 Å². The maximum absolute atomic E-state index is 11.8. The molecule has 2 aliphatic heterocycles. The van der Waals surface area contributed by atoms with Crippen LogP contribution in [0.2, 0.25) is 0 Å². The third-order valence-corrected chi connectivity index (χ3v) is 7.35. The van der Waals surface area contributed by atoms with Crippen LogP contribution in [0.15, 0.2) is 11.8 Å². The number of carbonyl (C=O) groups excluding carboxylic acids is 1. The van der Waals surface area contributed by atoms with Gasteiger partial charge in [-0.2, -0.15) is 16.8 Å². The first kappa shape index (κ1) is 33.3. The Kier molecular flexibility index (Phi) is 9.82. The van der Waals surface area contributed by atoms with Gasteiger partial charge in [-0.25, -0.2) is 13.2 Å². The van der Waals surface area contributed by atoms with Crippen LogP contribution < -0.4 is 5.32 Å². The predicted octanol–water partition coefficient (Wildman–Crippen LogP) is -1.82. The second kappa shape index (κ2) is 11.5. The van der Waals surface area contributed by atoms with Gasteiger partial charge in [-0.3, -0.25) is 13.9 Å². The SMILES string of the molecule is CC(=O)NC1[C@@H](O)[C@](C)(COC[C@@]2(C)OC(C(=O)O)=C[C@H](O)C2OS(=O)(=O)O)C(COS(=O)(=O)O)OC1(C)C. The van der Waals surface area contributed by atoms with Crippen LogP contribution in [0.5, 0.6) is 0 Å². The lowest BCUT2D eigenvalue weighted by Gasteiger charge is -2.54. The number of aliphatic hydroxyl groups is 2. The molecule has 0 spiro atoms. The normalized spacial score (nSPS) is 35.0. The van der Waals surface area contributed by atoms with Crippen LogP contribution in [0, 0.1) is 5.41 Å². The Morgan fingerprint density at radius 3 is 2.13 bits per heavy atom. The molecule has 17 nitrogen and oxygen atoms in total. The van der Waals surface area contributed by atoms with Gasteiger partial charge in [0.1, 0.15) is 6.10 Å². The molecule has 0 aromatic rings. The lowest BCUT2D eigenvalue weighted by molar-refractivity contribution is -0.255. The molecule has 19 heteroatoms. The topological polar surface area (TPSA) is 262 Å². The van der Waals surface area contributed by atoms with Crippen LogP contribution in [0.25, 0.3) is 0 Å². The summed E-state index contributed by atoms with van der Waals surface area (Å²) < 4.78 is 89.3. The van der Waals surface area contributed by atoms with E-state index in [1.165, 1.54) is 27.7 Å². The minimum atomic E-state index is -5.16. The van der Waals surface area contributed by atoms with Crippen LogP contribution in [0.4, 0.5) is 0 Å². The van der Waals surface area contributed by atoms with E-state index in [2.05, 4.69) is 13.7 Å². The molecule has 1 saturated heterocycles. The molecule has 3 unspecified atom stereocenters. The van der Waals surface area contributed by atoms with Crippen molar-refractivity contribution < 1.29 is 73.4 Å². The third kappa shape index (κ3) is 8.28. The number of aliphatic hydroxyl groups excluding tert-OH is 2. The first-order valence-electron chi connectivity index (χ1n) is 11.3. The highest BCUT2D eigenvalue weighted by Gasteiger charge is 2.57. The highest BCUT2D eigenvalue weighted by atomic mass is 32.3. The first-order chi connectivity index (χ1) is 17.5. The van der Waals surface area contributed by atoms with Crippen molar-refractivity contribution in [1.82, 2.24) is 5.32 Å². The molecule has 7 atom stereocenters. The Morgan fingerprint density at radius 2 is 1.64 bits per heavy atom. The molecule has 0 aromatic heterocycles. The molecule has 2 aliphatic rings. The molecule has 0 aliphatic carbocycles. The van der Waals surface area contributed by atoms with Crippen molar-refractivity contribution in [2.75, 3.05) is 19.8 Å². The molecule has 2 rings (SSSR count). The van der Waals surface area contributed by atoms with Crippen LogP contribution >= 0.6 is 0 Å². The van der Waals surface area contributed by atoms with Gasteiger partial charge in [0.2, 0.25) is 11.7 Å². The zero-order valence-corrected chi connectivity index (χ0v) is 23.3. The van der Waals surface area contributed by atoms with Gasteiger partial charge in [0, 0.05) is 12.3 Å². The number of nitrogens with one attached hydrogen (secondary N) is 1. The molecular formula is C20H33NO16S2. The quantitative estimate of drug-likeness (QED) is 0.141. The summed E-state index contributed by atoms with van der Waals surface area (Å²) in [5.41, 5.74) is -4.93. The molecule has 1 amide bonds. The van der Waals surface area contributed by atoms with Crippen molar-refractivity contribution in [3.63, 3.8) is 0 Å². The Hall–Kier alpha value is -1.94. The monoisotopic (exact) mass is 607 g/mol. The fourth-order valence-electron chi connectivity index (χ4n) is 4.49. The van der Waals surface area contributed by atoms with Gasteiger partial charge in [0.25, 0.3) is 0 Å². The largest absolute Gasteiger partial charge is 0.475 e. The average molecular weight is 608 g/mol. The molecule has 2 heterocycles. The standard InChI is InChI=1S/C20H33NO16S2/c1-10(22)21-14-15(24)19(4,13(36-18(14,2)3)7-34-38(27,28)29)8-33-9-20(5)16(37-39(30,31)32)11(23)6-12(35-20)17(25)26/h6,11,13-16,23-24H,7-9H2,1-5H3,(H,21,22)(H,25,26)(H,27,28,29)(H,30,31,32)/t11-,13?,14?,15+,16?,19+,20+/m0/s1. The van der Waals surface area contributed by atoms with Gasteiger partial charge >= 0.3 is 26.8 Å². The second-order valence-corrected chi connectivity index (χ2v) is 12.4. The van der Waals surface area contributed by atoms with Gasteiger partial charge in [-0.1, -0.05) is 6.92 Å². The van der Waals surface area contributed by atoms with E-state index >= 15 is 0 Å². The molecule has 39 heavy (non-hydrogen) atoms. The summed E-state index contributed by atoms with van der Waals surface area (Å²) in [6, 6.07) is -1.06. The number of hydrogen-bond donors (Lipinski definition) is 6. The summed E-state index contributed by atoms with van der Waals surface area (Å²) in [5.74, 6) is -2.92. The van der Waals surface area contributed by atoms with Crippen molar-refractivity contribution in [3.8, 4) is 0 Å². The maximum Gasteiger partial charge on any atom is 0.397 e. The zero-order chi connectivity index (χ0) is 30.2. The van der Waals surface area contributed by atoms with Crippen LogP contribution in [0.3, 0.4) is 0 Å². The molecule has 226 valence electrons. The van der Waals surface area contributed by atoms with Crippen molar-refractivity contribution in [1.29, 1.82) is 0 Å². The number of aliphatic carboxylic acids is 1. The van der Waals surface area contributed by atoms with Crippen LogP contribution in [-0.4, -0.2) is 115 Å². The fourth-order valence-corrected chi connectivity index (χ4v) is 5.36. The van der Waals surface area contributed by atoms with Crippen LogP contribution in [0.1, 0.15) is 34.6 Å². The summed E-state index contributed by atoms with van der Waals surface area (Å²) in [6.07, 6.45) is -5.91. The van der Waals surface area contributed by atoms with Gasteiger partial charge in [-0.15, -0.1) is 0 Å². The molecule has 0 radical (unpaired) electrons. The van der Waals surface area contributed by atoms with E-state index in [-0.39, 0.29) is 0 Å². The number of amides is 1. The van der Waals surface area contributed by atoms with Gasteiger partial charge in [0.05, 0.1) is 43.7 Å². The average Bonchev–Trinajstić information content (AvgIpc) is 2.74. The maximum atomic E-state index is 11.8. The minimum Gasteiger partial charge on any atom is -0.475 e. The first-order valence-corrected chi connectivity index (χ1v) is 14.0. The van der Waals surface area contributed by atoms with Gasteiger partial charge in [0.15, 0.2) is 11.7 Å². The number of rotatable bonds is 11. The molecule has 0 aromatic carbocycles. The van der Waals surface area contributed by atoms with E-state index in [4.69, 9.17) is 23.3 Å². The minimum absolute atomic E-state index is 0.526. The summed E-state index contributed by atoms with van der Waals surface area (Å²) in [6.45, 7) is 4.67. The zero-order valence-electron chi connectivity index (χ0n) is 21.6. The molecule has 6 N–H and O–H groups in total. The molecule has 0 bridgehead atoms. The summed E-state index contributed by atoms with van der Waals surface area (Å²) in [5, 5.41) is 33.5. The van der Waals surface area contributed by atoms with E-state index in [1.54, 1.807) is 0 Å². The summed E-state index contributed by atoms with van der Waals surface area (Å²) in [4.78, 5) is 23.3. The van der Waals surface area contributed by atoms with E-state index < -0.39 is 105 Å². The van der Waals surface area contributed by atoms with E-state index in [1.807, 2.05) is 0 Å². The van der Waals surface area contributed by atoms with Crippen molar-refractivity contribution in [3.05, 3.63) is 11.8 Å². The van der Waals surface area contributed by atoms with Crippen molar-refractivity contribution in [2.45, 2.75) is 76.3 Å². The number of carboxylic acids is 1. The lowest BCUT2D eigenvalue weighted by atomic mass is 9.70. The van der Waals surface area contributed by atoms with Gasteiger partial charge < -0.3 is 34.8 Å². The smallest absolute Gasteiger partial charge is 0.397 e. The molecule has 0 saturated carbocycles. The number of carboxylic acid groups (broad SMARTS) is 1. The Bertz CT molecular complexity index is 1180. The van der Waals surface area contributed by atoms with E-state index in [0.717, 1.165) is 6.92 Å². The third-order valence-electron chi connectivity index (χ3n) is 6.46. The molecule has 1 fully saturated rings. The fraction of sp³-hybridized carbons (Fsp3) is 0.800. The van der Waals surface area contributed by atoms with Crippen LogP contribution in [-0.2, 0) is 53.0 Å². The lowest BCUT2D eigenvalue weighted by Crippen LogP contribution is -2.71. The van der Waals surface area contributed by atoms with Crippen molar-refractivity contribution in [2.24, 2.45) is 5.41 Å². The summed E-state index contributed by atoms with van der Waals surface area (Å²) in [7, 11) is -10.1.